The van der Waals surface area contributed by atoms with Crippen LogP contribution >= 0.6 is 0 Å². The number of nitrogens with one attached hydrogen (secondary N) is 1. The van der Waals surface area contributed by atoms with Crippen molar-refractivity contribution in [3.05, 3.63) is 0 Å². The molecule has 1 heteroatoms. The molecule has 12 heavy (non-hydrogen) atoms. The highest BCUT2D eigenvalue weighted by atomic mass is 15.0. The third-order valence-corrected chi connectivity index (χ3v) is 4.26. The molecule has 0 amide bonds. The van der Waals surface area contributed by atoms with E-state index in [1.165, 1.54) is 32.2 Å². The van der Waals surface area contributed by atoms with Crippen molar-refractivity contribution in [2.75, 3.05) is 6.54 Å². The summed E-state index contributed by atoms with van der Waals surface area (Å²) in [7, 11) is 0. The van der Waals surface area contributed by atoms with E-state index < -0.39 is 0 Å². The van der Waals surface area contributed by atoms with Crippen molar-refractivity contribution in [3.63, 3.8) is 0 Å². The molecule has 2 bridgehead atoms. The van der Waals surface area contributed by atoms with Gasteiger partial charge in [0.25, 0.3) is 0 Å². The number of rotatable bonds is 0. The lowest BCUT2D eigenvalue weighted by Crippen LogP contribution is -2.56. The van der Waals surface area contributed by atoms with Gasteiger partial charge in [-0.15, -0.1) is 0 Å². The second-order valence-corrected chi connectivity index (χ2v) is 5.69. The fourth-order valence-corrected chi connectivity index (χ4v) is 2.91. The highest BCUT2D eigenvalue weighted by molar-refractivity contribution is 5.01. The molecule has 1 nitrogen and oxygen atoms in total. The van der Waals surface area contributed by atoms with Gasteiger partial charge in [0.15, 0.2) is 0 Å². The molecule has 2 heterocycles. The van der Waals surface area contributed by atoms with Gasteiger partial charge in [0, 0.05) is 12.6 Å². The Morgan fingerprint density at radius 1 is 1.17 bits per heavy atom. The Morgan fingerprint density at radius 2 is 1.75 bits per heavy atom. The Morgan fingerprint density at radius 3 is 2.00 bits per heavy atom. The molecule has 2 saturated heterocycles. The Hall–Kier alpha value is -0.0400. The Balaban J connectivity index is 2.19. The van der Waals surface area contributed by atoms with Gasteiger partial charge in [0.05, 0.1) is 0 Å². The van der Waals surface area contributed by atoms with Crippen molar-refractivity contribution in [3.8, 4) is 0 Å². The van der Waals surface area contributed by atoms with Crippen molar-refractivity contribution in [2.45, 2.75) is 52.5 Å². The zero-order chi connectivity index (χ0) is 8.82. The van der Waals surface area contributed by atoms with E-state index in [1.54, 1.807) is 0 Å². The minimum Gasteiger partial charge on any atom is -0.313 e. The average Bonchev–Trinajstić information content (AvgIpc) is 2.06. The van der Waals surface area contributed by atoms with Gasteiger partial charge >= 0.3 is 0 Å². The Kier molecular flexibility index (Phi) is 1.76. The first-order valence-electron chi connectivity index (χ1n) is 5.27. The van der Waals surface area contributed by atoms with E-state index in [0.29, 0.717) is 10.8 Å². The average molecular weight is 167 g/mol. The molecule has 3 rings (SSSR count). The van der Waals surface area contributed by atoms with Crippen LogP contribution in [-0.2, 0) is 0 Å². The van der Waals surface area contributed by atoms with Crippen molar-refractivity contribution >= 4 is 0 Å². The first-order chi connectivity index (χ1) is 5.54. The maximum atomic E-state index is 3.67. The van der Waals surface area contributed by atoms with Crippen molar-refractivity contribution < 1.29 is 0 Å². The molecule has 0 atom stereocenters. The van der Waals surface area contributed by atoms with Gasteiger partial charge in [0.1, 0.15) is 0 Å². The third-order valence-electron chi connectivity index (χ3n) is 4.26. The zero-order valence-electron chi connectivity index (χ0n) is 8.61. The molecular weight excluding hydrogens is 146 g/mol. The first-order valence-corrected chi connectivity index (χ1v) is 5.27. The minimum atomic E-state index is 0.491. The second-order valence-electron chi connectivity index (χ2n) is 5.69. The van der Waals surface area contributed by atoms with E-state index >= 15 is 0 Å². The second kappa shape index (κ2) is 2.47. The van der Waals surface area contributed by atoms with Crippen LogP contribution in [-0.4, -0.2) is 12.6 Å². The summed E-state index contributed by atoms with van der Waals surface area (Å²) < 4.78 is 0. The summed E-state index contributed by atoms with van der Waals surface area (Å²) in [5.41, 5.74) is 1.10. The smallest absolute Gasteiger partial charge is 0.00677 e. The number of hydrogen-bond donors (Lipinski definition) is 1. The van der Waals surface area contributed by atoms with E-state index in [0.717, 1.165) is 6.04 Å². The SMILES string of the molecule is CC(C)(C)C12CCC(CC1)NC2. The summed E-state index contributed by atoms with van der Waals surface area (Å²) in [6.45, 7) is 8.47. The van der Waals surface area contributed by atoms with E-state index in [2.05, 4.69) is 26.1 Å². The number of hydrogen-bond acceptors (Lipinski definition) is 1. The standard InChI is InChI=1S/C11H21N/c1-10(2,3)11-6-4-9(5-7-11)12-8-11/h9,12H,4-8H2,1-3H3. The summed E-state index contributed by atoms with van der Waals surface area (Å²) in [5.74, 6) is 0. The fourth-order valence-electron chi connectivity index (χ4n) is 2.91. The summed E-state index contributed by atoms with van der Waals surface area (Å²) in [6, 6.07) is 0.856. The predicted molar refractivity (Wildman–Crippen MR) is 52.1 cm³/mol. The van der Waals surface area contributed by atoms with Gasteiger partial charge in [0.2, 0.25) is 0 Å². The molecule has 3 aliphatic rings. The highest BCUT2D eigenvalue weighted by Gasteiger charge is 2.47. The van der Waals surface area contributed by atoms with Gasteiger partial charge < -0.3 is 5.32 Å². The molecule has 2 aliphatic heterocycles. The summed E-state index contributed by atoms with van der Waals surface area (Å²) in [6.07, 6.45) is 5.73. The highest BCUT2D eigenvalue weighted by Crippen LogP contribution is 2.51. The normalized spacial score (nSPS) is 41.8. The maximum absolute atomic E-state index is 3.67. The lowest BCUT2D eigenvalue weighted by atomic mass is 9.56. The largest absolute Gasteiger partial charge is 0.313 e. The van der Waals surface area contributed by atoms with Crippen LogP contribution in [0.15, 0.2) is 0 Å². The Labute approximate surface area is 75.9 Å². The van der Waals surface area contributed by atoms with Crippen LogP contribution in [0.4, 0.5) is 0 Å². The van der Waals surface area contributed by atoms with E-state index in [-0.39, 0.29) is 0 Å². The molecule has 1 N–H and O–H groups in total. The van der Waals surface area contributed by atoms with Crippen LogP contribution in [0, 0.1) is 10.8 Å². The summed E-state index contributed by atoms with van der Waals surface area (Å²) in [5, 5.41) is 3.67. The first kappa shape index (κ1) is 8.55. The fraction of sp³-hybridized carbons (Fsp3) is 1.00. The van der Waals surface area contributed by atoms with Gasteiger partial charge in [-0.1, -0.05) is 20.8 Å². The van der Waals surface area contributed by atoms with Crippen molar-refractivity contribution in [1.29, 1.82) is 0 Å². The quantitative estimate of drug-likeness (QED) is 0.584. The molecule has 70 valence electrons. The molecular formula is C11H21N. The van der Waals surface area contributed by atoms with Crippen LogP contribution in [0.3, 0.4) is 0 Å². The van der Waals surface area contributed by atoms with Gasteiger partial charge in [-0.3, -0.25) is 0 Å². The topological polar surface area (TPSA) is 12.0 Å². The number of fused-ring (bicyclic) bond motifs is 3. The lowest BCUT2D eigenvalue weighted by Gasteiger charge is -2.54. The van der Waals surface area contributed by atoms with Crippen molar-refractivity contribution in [1.82, 2.24) is 5.32 Å². The zero-order valence-corrected chi connectivity index (χ0v) is 8.61. The molecule has 0 radical (unpaired) electrons. The molecule has 3 fully saturated rings. The summed E-state index contributed by atoms with van der Waals surface area (Å²) in [4.78, 5) is 0. The summed E-state index contributed by atoms with van der Waals surface area (Å²) >= 11 is 0. The van der Waals surface area contributed by atoms with E-state index in [1.807, 2.05) is 0 Å². The van der Waals surface area contributed by atoms with Crippen LogP contribution in [0.25, 0.3) is 0 Å². The molecule has 1 aliphatic carbocycles. The van der Waals surface area contributed by atoms with Crippen molar-refractivity contribution in [2.24, 2.45) is 10.8 Å². The molecule has 0 spiro atoms. The number of piperidine rings is 2. The van der Waals surface area contributed by atoms with Crippen LogP contribution in [0.1, 0.15) is 46.5 Å². The lowest BCUT2D eigenvalue weighted by molar-refractivity contribution is -0.00911. The van der Waals surface area contributed by atoms with Crippen LogP contribution < -0.4 is 5.32 Å². The monoisotopic (exact) mass is 167 g/mol. The van der Waals surface area contributed by atoms with Gasteiger partial charge in [-0.25, -0.2) is 0 Å². The molecule has 1 saturated carbocycles. The minimum absolute atomic E-state index is 0.491. The predicted octanol–water partition coefficient (Wildman–Crippen LogP) is 2.56. The maximum Gasteiger partial charge on any atom is 0.00677 e. The van der Waals surface area contributed by atoms with Gasteiger partial charge in [-0.2, -0.15) is 0 Å². The Bertz CT molecular complexity index is 156. The molecule has 0 aromatic rings. The third kappa shape index (κ3) is 1.10. The molecule has 0 aromatic carbocycles. The van der Waals surface area contributed by atoms with Crippen LogP contribution in [0.5, 0.6) is 0 Å². The van der Waals surface area contributed by atoms with E-state index in [9.17, 15) is 0 Å². The van der Waals surface area contributed by atoms with E-state index in [4.69, 9.17) is 0 Å². The molecule has 0 unspecified atom stereocenters. The molecule has 0 aromatic heterocycles. The van der Waals surface area contributed by atoms with Crippen LogP contribution in [0.2, 0.25) is 0 Å². The van der Waals surface area contributed by atoms with Gasteiger partial charge in [-0.05, 0) is 36.5 Å².